The molecule has 0 saturated heterocycles. The fourth-order valence-electron chi connectivity index (χ4n) is 4.70. The van der Waals surface area contributed by atoms with Gasteiger partial charge in [-0.3, -0.25) is 13.8 Å². The topological polar surface area (TPSA) is 132 Å². The highest BCUT2D eigenvalue weighted by atomic mass is 31.2. The van der Waals surface area contributed by atoms with Gasteiger partial charge in [0.1, 0.15) is 12.2 Å². The lowest BCUT2D eigenvalue weighted by molar-refractivity contribution is -0.154. The highest BCUT2D eigenvalue weighted by Crippen LogP contribution is 2.43. The number of hydrogen-bond donors (Lipinski definition) is 3. The van der Waals surface area contributed by atoms with Crippen molar-refractivity contribution in [3.05, 3.63) is 97.2 Å². The number of carbonyl (C=O) groups excluding carboxylic acids is 1. The number of unbranched alkanes of at least 4 members (excludes halogenated alkanes) is 7. The molecule has 308 valence electrons. The summed E-state index contributed by atoms with van der Waals surface area (Å²) in [5, 5.41) is 18.3. The lowest BCUT2D eigenvalue weighted by atomic mass is 10.1. The van der Waals surface area contributed by atoms with E-state index in [-0.39, 0.29) is 13.0 Å². The summed E-state index contributed by atoms with van der Waals surface area (Å²) in [6, 6.07) is 0. The molecule has 0 heterocycles. The van der Waals surface area contributed by atoms with Crippen molar-refractivity contribution in [3.63, 3.8) is 0 Å². The lowest BCUT2D eigenvalue weighted by Crippen LogP contribution is -2.29. The maximum absolute atomic E-state index is 12.6. The van der Waals surface area contributed by atoms with Crippen molar-refractivity contribution in [1.29, 1.82) is 0 Å². The third-order valence-corrected chi connectivity index (χ3v) is 8.69. The molecule has 0 aliphatic carbocycles. The molecule has 3 N–H and O–H groups in total. The molecular weight excluding hydrogens is 703 g/mol. The monoisotopic (exact) mass is 776 g/mol. The lowest BCUT2D eigenvalue weighted by Gasteiger charge is -2.20. The molecule has 0 bridgehead atoms. The third kappa shape index (κ3) is 39.1. The molecule has 0 aromatic carbocycles. The molecule has 0 aromatic heterocycles. The zero-order chi connectivity index (χ0) is 39.6. The Hall–Kier alpha value is -2.62. The predicted molar refractivity (Wildman–Crippen MR) is 223 cm³/mol. The van der Waals surface area contributed by atoms with E-state index in [9.17, 15) is 19.4 Å². The normalized spacial score (nSPS) is 15.1. The molecule has 0 spiro atoms. The van der Waals surface area contributed by atoms with Crippen molar-refractivity contribution in [1.82, 2.24) is 0 Å². The van der Waals surface area contributed by atoms with Gasteiger partial charge in [-0.05, 0) is 83.5 Å². The van der Waals surface area contributed by atoms with Gasteiger partial charge in [-0.1, -0.05) is 137 Å². The van der Waals surface area contributed by atoms with Crippen molar-refractivity contribution < 1.29 is 43.0 Å². The van der Waals surface area contributed by atoms with Crippen LogP contribution < -0.4 is 0 Å². The zero-order valence-electron chi connectivity index (χ0n) is 33.4. The molecule has 0 fully saturated rings. The summed E-state index contributed by atoms with van der Waals surface area (Å²) in [5.74, 6) is -0.423. The van der Waals surface area contributed by atoms with Gasteiger partial charge in [0, 0.05) is 13.0 Å². The molecule has 3 atom stereocenters. The number of phosphoric ester groups is 1. The second kappa shape index (κ2) is 40.1. The first-order chi connectivity index (χ1) is 26.3. The van der Waals surface area contributed by atoms with Crippen molar-refractivity contribution in [2.24, 2.45) is 0 Å². The molecule has 54 heavy (non-hydrogen) atoms. The van der Waals surface area contributed by atoms with Crippen molar-refractivity contribution in [2.75, 3.05) is 33.0 Å². The van der Waals surface area contributed by atoms with Gasteiger partial charge in [-0.25, -0.2) is 4.57 Å². The highest BCUT2D eigenvalue weighted by molar-refractivity contribution is 7.47. The number of rotatable bonds is 37. The number of hydrogen-bond acceptors (Lipinski definition) is 8. The summed E-state index contributed by atoms with van der Waals surface area (Å²) < 4.78 is 33.2. The largest absolute Gasteiger partial charge is 0.472 e. The first-order valence-corrected chi connectivity index (χ1v) is 21.7. The Morgan fingerprint density at radius 2 is 1.06 bits per heavy atom. The van der Waals surface area contributed by atoms with E-state index in [0.29, 0.717) is 13.0 Å². The number of aliphatic hydroxyl groups is 2. The average molecular weight is 777 g/mol. The number of carbonyl (C=O) groups is 1. The van der Waals surface area contributed by atoms with E-state index in [1.807, 2.05) is 0 Å². The smallest absolute Gasteiger partial charge is 0.457 e. The molecular formula is C44H73O9P. The average Bonchev–Trinajstić information content (AvgIpc) is 3.16. The molecule has 0 radical (unpaired) electrons. The summed E-state index contributed by atoms with van der Waals surface area (Å²) in [6.07, 6.45) is 49.5. The van der Waals surface area contributed by atoms with Crippen LogP contribution in [0, 0.1) is 0 Å². The van der Waals surface area contributed by atoms with Crippen LogP contribution >= 0.6 is 7.82 Å². The van der Waals surface area contributed by atoms with Crippen LogP contribution in [0.5, 0.6) is 0 Å². The van der Waals surface area contributed by atoms with E-state index >= 15 is 0 Å². The fraction of sp³-hybridized carbons (Fsp3) is 0.614. The van der Waals surface area contributed by atoms with E-state index in [1.165, 1.54) is 6.42 Å². The standard InChI is InChI=1S/C44H73O9P/c1-3-5-7-9-11-13-15-17-18-19-20-21-22-23-25-27-29-31-33-35-37-50-40-43(41-52-54(48,49)51-39-42(46)38-45)53-44(47)36-34-32-30-28-26-24-16-14-12-10-8-6-4-2/h5,7-8,10-11,13-14,16-18,20-21,23,25,29,31,42-43,45-46H,3-4,6,9,12,15,19,22,24,26-28,30,32-41H2,1-2H3,(H,48,49)/b7-5-,10-8-,13-11-,16-14-,18-17-,21-20-,25-23-,31-29-. The van der Waals surface area contributed by atoms with Crippen LogP contribution in [-0.2, 0) is 27.9 Å². The summed E-state index contributed by atoms with van der Waals surface area (Å²) in [4.78, 5) is 22.5. The van der Waals surface area contributed by atoms with Crippen molar-refractivity contribution >= 4 is 13.8 Å². The first-order valence-electron chi connectivity index (χ1n) is 20.2. The zero-order valence-corrected chi connectivity index (χ0v) is 34.3. The van der Waals surface area contributed by atoms with Crippen LogP contribution in [0.2, 0.25) is 0 Å². The molecule has 0 aromatic rings. The Morgan fingerprint density at radius 3 is 1.59 bits per heavy atom. The molecule has 0 amide bonds. The Morgan fingerprint density at radius 1 is 0.593 bits per heavy atom. The first kappa shape index (κ1) is 51.4. The minimum Gasteiger partial charge on any atom is -0.457 e. The molecule has 10 heteroatoms. The molecule has 9 nitrogen and oxygen atoms in total. The predicted octanol–water partition coefficient (Wildman–Crippen LogP) is 10.9. The summed E-state index contributed by atoms with van der Waals surface area (Å²) in [6.45, 7) is 3.12. The van der Waals surface area contributed by atoms with Gasteiger partial charge in [-0.15, -0.1) is 0 Å². The van der Waals surface area contributed by atoms with Gasteiger partial charge in [0.25, 0.3) is 0 Å². The summed E-state index contributed by atoms with van der Waals surface area (Å²) in [5.41, 5.74) is 0. The Balaban J connectivity index is 4.36. The minimum absolute atomic E-state index is 0.00331. The van der Waals surface area contributed by atoms with Crippen LogP contribution in [0.4, 0.5) is 0 Å². The minimum atomic E-state index is -4.54. The quantitative estimate of drug-likeness (QED) is 0.0244. The molecule has 0 saturated carbocycles. The number of ether oxygens (including phenoxy) is 2. The number of esters is 1. The van der Waals surface area contributed by atoms with Gasteiger partial charge in [0.15, 0.2) is 0 Å². The SMILES string of the molecule is CC/C=C\C/C=C\C/C=C\C/C=C\C/C=C\C/C=C\CCCOCC(COP(=O)(O)OCC(O)CO)OC(=O)CCCCCCC/C=C\C/C=C\CCC. The summed E-state index contributed by atoms with van der Waals surface area (Å²) in [7, 11) is -4.54. The highest BCUT2D eigenvalue weighted by Gasteiger charge is 2.26. The maximum Gasteiger partial charge on any atom is 0.472 e. The second-order valence-electron chi connectivity index (χ2n) is 12.9. The van der Waals surface area contributed by atoms with Gasteiger partial charge in [0.05, 0.1) is 26.4 Å². The maximum atomic E-state index is 12.6. The van der Waals surface area contributed by atoms with E-state index in [0.717, 1.165) is 96.3 Å². The van der Waals surface area contributed by atoms with Crippen LogP contribution in [-0.4, -0.2) is 66.3 Å². The van der Waals surface area contributed by atoms with E-state index in [2.05, 4.69) is 111 Å². The van der Waals surface area contributed by atoms with Crippen LogP contribution in [0.25, 0.3) is 0 Å². The Kier molecular flexibility index (Phi) is 38.1. The number of phosphoric acid groups is 1. The second-order valence-corrected chi connectivity index (χ2v) is 14.4. The van der Waals surface area contributed by atoms with Gasteiger partial charge < -0.3 is 24.6 Å². The van der Waals surface area contributed by atoms with Gasteiger partial charge >= 0.3 is 13.8 Å². The molecule has 0 aliphatic rings. The molecule has 0 rings (SSSR count). The van der Waals surface area contributed by atoms with Crippen LogP contribution in [0.15, 0.2) is 97.2 Å². The fourth-order valence-corrected chi connectivity index (χ4v) is 5.49. The molecule has 0 aliphatic heterocycles. The summed E-state index contributed by atoms with van der Waals surface area (Å²) >= 11 is 0. The molecule has 3 unspecified atom stereocenters. The number of allylic oxidation sites excluding steroid dienone is 16. The van der Waals surface area contributed by atoms with Gasteiger partial charge in [0.2, 0.25) is 0 Å². The van der Waals surface area contributed by atoms with E-state index in [1.54, 1.807) is 0 Å². The van der Waals surface area contributed by atoms with Crippen LogP contribution in [0.1, 0.15) is 129 Å². The van der Waals surface area contributed by atoms with E-state index < -0.39 is 45.8 Å². The van der Waals surface area contributed by atoms with Crippen molar-refractivity contribution in [2.45, 2.75) is 142 Å². The Bertz CT molecular complexity index is 1150. The van der Waals surface area contributed by atoms with E-state index in [4.69, 9.17) is 23.6 Å². The van der Waals surface area contributed by atoms with Gasteiger partial charge in [-0.2, -0.15) is 0 Å². The number of aliphatic hydroxyl groups excluding tert-OH is 2. The Labute approximate surface area is 327 Å². The van der Waals surface area contributed by atoms with Crippen LogP contribution in [0.3, 0.4) is 0 Å². The van der Waals surface area contributed by atoms with Crippen molar-refractivity contribution in [3.8, 4) is 0 Å². The third-order valence-electron chi connectivity index (χ3n) is 7.73.